The van der Waals surface area contributed by atoms with Crippen LogP contribution in [0.1, 0.15) is 61.6 Å². The van der Waals surface area contributed by atoms with Crippen LogP contribution in [0.5, 0.6) is 5.88 Å². The van der Waals surface area contributed by atoms with Gasteiger partial charge in [0.25, 0.3) is 0 Å². The van der Waals surface area contributed by atoms with Gasteiger partial charge in [0.1, 0.15) is 5.82 Å². The minimum atomic E-state index is -0.164. The molecule has 1 aliphatic heterocycles. The molecule has 0 spiro atoms. The van der Waals surface area contributed by atoms with Gasteiger partial charge in [-0.2, -0.15) is 0 Å². The molecule has 1 saturated heterocycles. The van der Waals surface area contributed by atoms with Crippen LogP contribution in [0.25, 0.3) is 10.8 Å². The zero-order valence-electron chi connectivity index (χ0n) is 19.9. The van der Waals surface area contributed by atoms with E-state index in [0.29, 0.717) is 17.7 Å². The Morgan fingerprint density at radius 2 is 1.64 bits per heavy atom. The van der Waals surface area contributed by atoms with Crippen LogP contribution < -0.4 is 0 Å². The maximum Gasteiger partial charge on any atom is 0.199 e. The quantitative estimate of drug-likeness (QED) is 0.448. The molecule has 0 bridgehead atoms. The molecule has 1 aliphatic carbocycles. The number of hydrogen-bond acceptors (Lipinski definition) is 2. The Bertz CT molecular complexity index is 1070. The lowest BCUT2D eigenvalue weighted by Crippen LogP contribution is -2.33. The summed E-state index contributed by atoms with van der Waals surface area (Å²) in [5.74, 6) is 1.69. The third-order valence-corrected chi connectivity index (χ3v) is 7.95. The molecular formula is C29H37FN2O. The lowest BCUT2D eigenvalue weighted by molar-refractivity contribution is 0.177. The summed E-state index contributed by atoms with van der Waals surface area (Å²) >= 11 is 0. The number of fused-ring (bicyclic) bond motifs is 1. The summed E-state index contributed by atoms with van der Waals surface area (Å²) < 4.78 is 15.3. The molecule has 5 rings (SSSR count). The standard InChI is InChI=1S/C29H37FN2O/c1-21-15-25(16-22-11-13-31(14-12-22)18-24-7-9-27(30)10-8-24)17-26-20-32(29(33)28(21)26)19-23-5-3-2-4-6-23/h7-10,15,17,20,22-23,33H,2-6,11-14,16,18-19H2,1H3. The van der Waals surface area contributed by atoms with E-state index in [1.165, 1.54) is 67.0 Å². The van der Waals surface area contributed by atoms with E-state index in [9.17, 15) is 9.50 Å². The van der Waals surface area contributed by atoms with Crippen LogP contribution in [0.2, 0.25) is 0 Å². The molecule has 176 valence electrons. The highest BCUT2D eigenvalue weighted by Gasteiger charge is 2.21. The van der Waals surface area contributed by atoms with Crippen molar-refractivity contribution in [3.63, 3.8) is 0 Å². The lowest BCUT2D eigenvalue weighted by atomic mass is 9.89. The molecule has 3 nitrogen and oxygen atoms in total. The fraction of sp³-hybridized carbons (Fsp3) is 0.517. The Labute approximate surface area is 197 Å². The molecule has 0 atom stereocenters. The van der Waals surface area contributed by atoms with Crippen molar-refractivity contribution in [2.45, 2.75) is 71.4 Å². The molecular weight excluding hydrogens is 411 g/mol. The predicted molar refractivity (Wildman–Crippen MR) is 133 cm³/mol. The van der Waals surface area contributed by atoms with Gasteiger partial charge in [-0.25, -0.2) is 4.39 Å². The molecule has 3 aromatic rings. The molecule has 4 heteroatoms. The first-order chi connectivity index (χ1) is 16.0. The van der Waals surface area contributed by atoms with Gasteiger partial charge in [0.2, 0.25) is 0 Å². The number of rotatable bonds is 6. The van der Waals surface area contributed by atoms with E-state index in [-0.39, 0.29) is 5.82 Å². The average Bonchev–Trinajstić information content (AvgIpc) is 3.12. The monoisotopic (exact) mass is 448 g/mol. The van der Waals surface area contributed by atoms with Crippen LogP contribution in [0.15, 0.2) is 42.6 Å². The number of halogens is 1. The van der Waals surface area contributed by atoms with Crippen LogP contribution in [0.4, 0.5) is 4.39 Å². The van der Waals surface area contributed by atoms with Gasteiger partial charge in [0.05, 0.1) is 0 Å². The summed E-state index contributed by atoms with van der Waals surface area (Å²) in [6, 6.07) is 11.5. The van der Waals surface area contributed by atoms with Crippen LogP contribution in [0, 0.1) is 24.6 Å². The van der Waals surface area contributed by atoms with Crippen molar-refractivity contribution >= 4 is 10.8 Å². The number of aromatic hydroxyl groups is 1. The van der Waals surface area contributed by atoms with Crippen LogP contribution >= 0.6 is 0 Å². The summed E-state index contributed by atoms with van der Waals surface area (Å²) in [6.07, 6.45) is 12.3. The van der Waals surface area contributed by atoms with Gasteiger partial charge in [-0.1, -0.05) is 37.5 Å². The molecule has 1 aromatic heterocycles. The van der Waals surface area contributed by atoms with E-state index in [0.717, 1.165) is 38.0 Å². The zero-order chi connectivity index (χ0) is 22.8. The first-order valence-electron chi connectivity index (χ1n) is 12.8. The molecule has 2 aromatic carbocycles. The number of nitrogens with zero attached hydrogens (tertiary/aromatic N) is 2. The van der Waals surface area contributed by atoms with Crippen molar-refractivity contribution in [2.75, 3.05) is 13.1 Å². The van der Waals surface area contributed by atoms with Crippen molar-refractivity contribution in [1.29, 1.82) is 0 Å². The summed E-state index contributed by atoms with van der Waals surface area (Å²) in [4.78, 5) is 2.49. The Balaban J connectivity index is 1.21. The minimum Gasteiger partial charge on any atom is -0.494 e. The van der Waals surface area contributed by atoms with E-state index in [2.05, 4.69) is 34.7 Å². The molecule has 1 saturated carbocycles. The number of aromatic nitrogens is 1. The summed E-state index contributed by atoms with van der Waals surface area (Å²) in [5, 5.41) is 13.1. The normalized spacial score (nSPS) is 18.8. The number of likely N-dealkylation sites (tertiary alicyclic amines) is 1. The van der Waals surface area contributed by atoms with E-state index in [1.807, 2.05) is 12.1 Å². The lowest BCUT2D eigenvalue weighted by Gasteiger charge is -2.32. The first kappa shape index (κ1) is 22.5. The first-order valence-corrected chi connectivity index (χ1v) is 12.8. The van der Waals surface area contributed by atoms with Gasteiger partial charge in [0, 0.05) is 30.1 Å². The number of aryl methyl sites for hydroxylation is 1. The van der Waals surface area contributed by atoms with E-state index < -0.39 is 0 Å². The second-order valence-corrected chi connectivity index (χ2v) is 10.5. The number of benzene rings is 2. The van der Waals surface area contributed by atoms with Crippen LogP contribution in [-0.2, 0) is 19.5 Å². The minimum absolute atomic E-state index is 0.164. The maximum absolute atomic E-state index is 13.1. The predicted octanol–water partition coefficient (Wildman–Crippen LogP) is 6.83. The summed E-state index contributed by atoms with van der Waals surface area (Å²) in [5.41, 5.74) is 3.77. The summed E-state index contributed by atoms with van der Waals surface area (Å²) in [6.45, 7) is 6.19. The molecule has 2 heterocycles. The van der Waals surface area contributed by atoms with Gasteiger partial charge in [-0.05, 0) is 98.8 Å². The zero-order valence-corrected chi connectivity index (χ0v) is 19.9. The fourth-order valence-corrected chi connectivity index (χ4v) is 6.11. The van der Waals surface area contributed by atoms with Crippen LogP contribution in [-0.4, -0.2) is 27.7 Å². The Hall–Kier alpha value is -2.33. The van der Waals surface area contributed by atoms with Crippen molar-refractivity contribution in [1.82, 2.24) is 9.47 Å². The largest absolute Gasteiger partial charge is 0.494 e. The van der Waals surface area contributed by atoms with Gasteiger partial charge in [-0.3, -0.25) is 4.90 Å². The molecule has 2 aliphatic rings. The molecule has 0 radical (unpaired) electrons. The van der Waals surface area contributed by atoms with Crippen molar-refractivity contribution in [2.24, 2.45) is 11.8 Å². The second kappa shape index (κ2) is 9.89. The van der Waals surface area contributed by atoms with Gasteiger partial charge >= 0.3 is 0 Å². The van der Waals surface area contributed by atoms with Gasteiger partial charge in [-0.15, -0.1) is 0 Å². The van der Waals surface area contributed by atoms with E-state index in [1.54, 1.807) is 12.1 Å². The van der Waals surface area contributed by atoms with E-state index >= 15 is 0 Å². The highest BCUT2D eigenvalue weighted by molar-refractivity contribution is 5.91. The highest BCUT2D eigenvalue weighted by atomic mass is 19.1. The van der Waals surface area contributed by atoms with Crippen LogP contribution in [0.3, 0.4) is 0 Å². The molecule has 2 fully saturated rings. The molecule has 0 amide bonds. The third-order valence-electron chi connectivity index (χ3n) is 7.95. The van der Waals surface area contributed by atoms with Gasteiger partial charge < -0.3 is 9.67 Å². The summed E-state index contributed by atoms with van der Waals surface area (Å²) in [7, 11) is 0. The number of hydrogen-bond donors (Lipinski definition) is 1. The number of piperidine rings is 1. The molecule has 1 N–H and O–H groups in total. The fourth-order valence-electron chi connectivity index (χ4n) is 6.11. The van der Waals surface area contributed by atoms with E-state index in [4.69, 9.17) is 0 Å². The maximum atomic E-state index is 13.1. The Morgan fingerprint density at radius 3 is 2.36 bits per heavy atom. The van der Waals surface area contributed by atoms with Gasteiger partial charge in [0.15, 0.2) is 5.88 Å². The molecule has 33 heavy (non-hydrogen) atoms. The molecule has 0 unspecified atom stereocenters. The third kappa shape index (κ3) is 5.27. The van der Waals surface area contributed by atoms with Crippen molar-refractivity contribution in [3.05, 3.63) is 65.1 Å². The second-order valence-electron chi connectivity index (χ2n) is 10.5. The average molecular weight is 449 g/mol. The Kier molecular flexibility index (Phi) is 6.73. The topological polar surface area (TPSA) is 28.4 Å². The van der Waals surface area contributed by atoms with Crippen molar-refractivity contribution < 1.29 is 9.50 Å². The highest BCUT2D eigenvalue weighted by Crippen LogP contribution is 2.35. The Morgan fingerprint density at radius 1 is 0.909 bits per heavy atom. The SMILES string of the molecule is Cc1cc(CC2CCN(Cc3ccc(F)cc3)CC2)cc2cn(CC3CCCCC3)c(O)c12. The smallest absolute Gasteiger partial charge is 0.199 e. The van der Waals surface area contributed by atoms with Crippen molar-refractivity contribution in [3.8, 4) is 5.88 Å².